The Kier molecular flexibility index (Phi) is 6.45. The minimum Gasteiger partial charge on any atom is -0.347 e. The molecule has 2 aromatic heterocycles. The number of hydrogen-bond acceptors (Lipinski definition) is 5. The lowest BCUT2D eigenvalue weighted by atomic mass is 10.2. The van der Waals surface area contributed by atoms with Gasteiger partial charge in [0.25, 0.3) is 21.5 Å². The molecule has 0 aliphatic heterocycles. The maximum atomic E-state index is 13.5. The summed E-state index contributed by atoms with van der Waals surface area (Å²) in [5.74, 6) is -0.379. The van der Waals surface area contributed by atoms with Crippen molar-refractivity contribution < 1.29 is 13.2 Å². The lowest BCUT2D eigenvalue weighted by Crippen LogP contribution is -2.32. The normalized spacial score (nSPS) is 11.4. The number of rotatable bonds is 7. The summed E-state index contributed by atoms with van der Waals surface area (Å²) in [6.07, 6.45) is 0. The molecule has 2 aromatic carbocycles. The van der Waals surface area contributed by atoms with Crippen LogP contribution in [0.15, 0.2) is 81.8 Å². The number of carbonyl (C=O) groups excluding carboxylic acids is 1. The van der Waals surface area contributed by atoms with Gasteiger partial charge in [0.15, 0.2) is 0 Å². The summed E-state index contributed by atoms with van der Waals surface area (Å²) >= 11 is 1.52. The van der Waals surface area contributed by atoms with Crippen LogP contribution in [0.2, 0.25) is 0 Å². The zero-order chi connectivity index (χ0) is 24.5. The van der Waals surface area contributed by atoms with Crippen LogP contribution in [0.1, 0.15) is 20.9 Å². The quantitative estimate of drug-likeness (QED) is 0.425. The first-order chi connectivity index (χ1) is 16.2. The summed E-state index contributed by atoms with van der Waals surface area (Å²) < 4.78 is 30.9. The molecule has 0 saturated carbocycles. The van der Waals surface area contributed by atoms with E-state index in [9.17, 15) is 18.0 Å². The lowest BCUT2D eigenvalue weighted by molar-refractivity contribution is 0.0951. The maximum absolute atomic E-state index is 13.5. The highest BCUT2D eigenvalue weighted by Crippen LogP contribution is 2.24. The van der Waals surface area contributed by atoms with E-state index in [0.717, 1.165) is 9.18 Å². The summed E-state index contributed by atoms with van der Waals surface area (Å²) in [7, 11) is -1.06. The summed E-state index contributed by atoms with van der Waals surface area (Å²) in [5, 5.41) is 4.71. The Labute approximate surface area is 201 Å². The molecule has 0 atom stereocenters. The molecule has 2 heterocycles. The molecule has 1 amide bonds. The second-order valence-corrected chi connectivity index (χ2v) is 10.7. The monoisotopic (exact) mass is 496 g/mol. The standard InChI is InChI=1S/C24H24N4O4S2/c1-17-22(24(30)28(26(17)2)19-10-5-4-6-11-19)27(3)34(31,32)21-13-7-9-18(15-21)23(29)25-16-20-12-8-14-33-20/h4-15H,16H2,1-3H3,(H,25,29). The summed E-state index contributed by atoms with van der Waals surface area (Å²) in [5.41, 5.74) is 0.919. The second-order valence-electron chi connectivity index (χ2n) is 7.67. The van der Waals surface area contributed by atoms with Gasteiger partial charge in [-0.1, -0.05) is 30.3 Å². The predicted molar refractivity (Wildman–Crippen MR) is 133 cm³/mol. The number of aromatic nitrogens is 2. The minimum atomic E-state index is -4.11. The fraction of sp³-hybridized carbons (Fsp3) is 0.167. The number of hydrogen-bond donors (Lipinski definition) is 1. The fourth-order valence-electron chi connectivity index (χ4n) is 3.68. The summed E-state index contributed by atoms with van der Waals surface area (Å²) in [4.78, 5) is 26.8. The summed E-state index contributed by atoms with van der Waals surface area (Å²) in [6.45, 7) is 2.05. The van der Waals surface area contributed by atoms with Gasteiger partial charge in [-0.25, -0.2) is 13.1 Å². The first kappa shape index (κ1) is 23.5. The number of para-hydroxylation sites is 1. The van der Waals surface area contributed by atoms with Crippen molar-refractivity contribution in [2.75, 3.05) is 11.4 Å². The van der Waals surface area contributed by atoms with E-state index in [1.165, 1.54) is 41.3 Å². The average Bonchev–Trinajstić information content (AvgIpc) is 3.44. The average molecular weight is 497 g/mol. The van der Waals surface area contributed by atoms with E-state index in [1.54, 1.807) is 49.0 Å². The zero-order valence-electron chi connectivity index (χ0n) is 18.9. The Bertz CT molecular complexity index is 1490. The third kappa shape index (κ3) is 4.29. The minimum absolute atomic E-state index is 0.0407. The molecule has 0 saturated heterocycles. The number of nitrogens with one attached hydrogen (secondary N) is 1. The Balaban J connectivity index is 1.66. The molecule has 0 fully saturated rings. The van der Waals surface area contributed by atoms with Gasteiger partial charge in [0.2, 0.25) is 0 Å². The number of thiophene rings is 1. The number of benzene rings is 2. The van der Waals surface area contributed by atoms with Gasteiger partial charge in [0.1, 0.15) is 5.69 Å². The Morgan fingerprint density at radius 2 is 1.79 bits per heavy atom. The smallest absolute Gasteiger partial charge is 0.296 e. The van der Waals surface area contributed by atoms with Crippen molar-refractivity contribution in [1.29, 1.82) is 0 Å². The molecule has 0 bridgehead atoms. The van der Waals surface area contributed by atoms with Crippen LogP contribution < -0.4 is 15.2 Å². The van der Waals surface area contributed by atoms with Crippen molar-refractivity contribution in [3.05, 3.63) is 98.6 Å². The van der Waals surface area contributed by atoms with Crippen molar-refractivity contribution in [3.63, 3.8) is 0 Å². The molecule has 8 nitrogen and oxygen atoms in total. The van der Waals surface area contributed by atoms with Crippen LogP contribution in [0, 0.1) is 6.92 Å². The highest BCUT2D eigenvalue weighted by molar-refractivity contribution is 7.92. The molecule has 10 heteroatoms. The highest BCUT2D eigenvalue weighted by atomic mass is 32.2. The third-order valence-corrected chi connectivity index (χ3v) is 8.23. The highest BCUT2D eigenvalue weighted by Gasteiger charge is 2.29. The van der Waals surface area contributed by atoms with Gasteiger partial charge in [-0.15, -0.1) is 11.3 Å². The van der Waals surface area contributed by atoms with Gasteiger partial charge < -0.3 is 5.32 Å². The van der Waals surface area contributed by atoms with Gasteiger partial charge in [-0.3, -0.25) is 18.6 Å². The molecule has 34 heavy (non-hydrogen) atoms. The van der Waals surface area contributed by atoms with E-state index in [0.29, 0.717) is 17.9 Å². The first-order valence-electron chi connectivity index (χ1n) is 10.5. The van der Waals surface area contributed by atoms with Crippen molar-refractivity contribution in [2.24, 2.45) is 7.05 Å². The zero-order valence-corrected chi connectivity index (χ0v) is 20.6. The molecule has 176 valence electrons. The van der Waals surface area contributed by atoms with Crippen molar-refractivity contribution in [2.45, 2.75) is 18.4 Å². The van der Waals surface area contributed by atoms with Gasteiger partial charge >= 0.3 is 0 Å². The first-order valence-corrected chi connectivity index (χ1v) is 12.8. The number of nitrogens with zero attached hydrogens (tertiary/aromatic N) is 3. The van der Waals surface area contributed by atoms with Crippen LogP contribution in [0.4, 0.5) is 5.69 Å². The van der Waals surface area contributed by atoms with Crippen LogP contribution >= 0.6 is 11.3 Å². The number of sulfonamides is 1. The van der Waals surface area contributed by atoms with Gasteiger partial charge in [0.05, 0.1) is 22.8 Å². The van der Waals surface area contributed by atoms with E-state index < -0.39 is 15.6 Å². The van der Waals surface area contributed by atoms with Crippen LogP contribution in [-0.2, 0) is 23.6 Å². The van der Waals surface area contributed by atoms with Crippen LogP contribution in [0.3, 0.4) is 0 Å². The fourth-order valence-corrected chi connectivity index (χ4v) is 5.61. The van der Waals surface area contributed by atoms with Crippen LogP contribution in [-0.4, -0.2) is 30.7 Å². The molecular weight excluding hydrogens is 472 g/mol. The molecule has 4 rings (SSSR count). The van der Waals surface area contributed by atoms with E-state index in [-0.39, 0.29) is 22.1 Å². The predicted octanol–water partition coefficient (Wildman–Crippen LogP) is 3.30. The Hall–Kier alpha value is -3.63. The van der Waals surface area contributed by atoms with Crippen LogP contribution in [0.5, 0.6) is 0 Å². The van der Waals surface area contributed by atoms with Gasteiger partial charge in [-0.2, -0.15) is 0 Å². The molecule has 1 N–H and O–H groups in total. The van der Waals surface area contributed by atoms with Crippen molar-refractivity contribution in [1.82, 2.24) is 14.7 Å². The SMILES string of the molecule is Cc1c(N(C)S(=O)(=O)c2cccc(C(=O)NCc3cccs3)c2)c(=O)n(-c2ccccc2)n1C. The van der Waals surface area contributed by atoms with Gasteiger partial charge in [-0.05, 0) is 48.7 Å². The third-order valence-electron chi connectivity index (χ3n) is 5.60. The Morgan fingerprint density at radius 1 is 1.06 bits per heavy atom. The topological polar surface area (TPSA) is 93.4 Å². The molecule has 0 aliphatic carbocycles. The summed E-state index contributed by atoms with van der Waals surface area (Å²) in [6, 6.07) is 18.6. The molecule has 0 aliphatic rings. The molecule has 0 spiro atoms. The lowest BCUT2D eigenvalue weighted by Gasteiger charge is -2.18. The maximum Gasteiger partial charge on any atom is 0.296 e. The Morgan fingerprint density at radius 3 is 2.47 bits per heavy atom. The van der Waals surface area contributed by atoms with Crippen LogP contribution in [0.25, 0.3) is 5.69 Å². The van der Waals surface area contributed by atoms with Crippen molar-refractivity contribution in [3.8, 4) is 5.69 Å². The molecule has 4 aromatic rings. The number of anilines is 1. The van der Waals surface area contributed by atoms with Crippen molar-refractivity contribution >= 4 is 33.0 Å². The molecule has 0 unspecified atom stereocenters. The second kappa shape index (κ2) is 9.32. The van der Waals surface area contributed by atoms with Gasteiger partial charge in [0, 0.05) is 24.5 Å². The van der Waals surface area contributed by atoms with E-state index in [1.807, 2.05) is 23.6 Å². The van der Waals surface area contributed by atoms with E-state index >= 15 is 0 Å². The molecule has 0 radical (unpaired) electrons. The van der Waals surface area contributed by atoms with E-state index in [4.69, 9.17) is 0 Å². The number of amides is 1. The van der Waals surface area contributed by atoms with E-state index in [2.05, 4.69) is 5.32 Å². The number of carbonyl (C=O) groups is 1. The molecular formula is C24H24N4O4S2. The largest absolute Gasteiger partial charge is 0.347 e.